The molecule has 8 nitrogen and oxygen atoms in total. The average molecular weight is 542 g/mol. The molecule has 210 valence electrons. The molecule has 4 aromatic rings. The molecule has 40 heavy (non-hydrogen) atoms. The lowest BCUT2D eigenvalue weighted by Crippen LogP contribution is -2.44. The van der Waals surface area contributed by atoms with E-state index in [0.29, 0.717) is 18.1 Å². The molecule has 1 aliphatic heterocycles. The van der Waals surface area contributed by atoms with Crippen LogP contribution >= 0.6 is 0 Å². The van der Waals surface area contributed by atoms with Gasteiger partial charge in [0.15, 0.2) is 0 Å². The molecule has 2 amide bonds. The van der Waals surface area contributed by atoms with E-state index in [1.807, 2.05) is 73.8 Å². The number of fused-ring (bicyclic) bond motifs is 1. The van der Waals surface area contributed by atoms with E-state index in [-0.39, 0.29) is 17.5 Å². The maximum absolute atomic E-state index is 13.4. The van der Waals surface area contributed by atoms with Crippen molar-refractivity contribution >= 4 is 28.3 Å². The Bertz CT molecular complexity index is 1470. The van der Waals surface area contributed by atoms with E-state index in [9.17, 15) is 4.79 Å². The van der Waals surface area contributed by atoms with Gasteiger partial charge in [-0.2, -0.15) is 5.10 Å². The van der Waals surface area contributed by atoms with Gasteiger partial charge in [0.25, 0.3) is 0 Å². The van der Waals surface area contributed by atoms with Crippen molar-refractivity contribution in [3.63, 3.8) is 0 Å². The van der Waals surface area contributed by atoms with Gasteiger partial charge in [-0.15, -0.1) is 0 Å². The van der Waals surface area contributed by atoms with Crippen LogP contribution in [0.25, 0.3) is 16.5 Å². The van der Waals surface area contributed by atoms with Gasteiger partial charge in [-0.25, -0.2) is 9.48 Å². The highest BCUT2D eigenvalue weighted by Crippen LogP contribution is 2.34. The van der Waals surface area contributed by atoms with Crippen molar-refractivity contribution in [3.05, 3.63) is 78.0 Å². The largest absolute Gasteiger partial charge is 0.491 e. The van der Waals surface area contributed by atoms with Crippen molar-refractivity contribution in [3.8, 4) is 11.4 Å². The van der Waals surface area contributed by atoms with Crippen LogP contribution in [0.2, 0.25) is 0 Å². The van der Waals surface area contributed by atoms with E-state index in [2.05, 4.69) is 48.3 Å². The molecule has 0 saturated carbocycles. The standard InChI is InChI=1S/C32H39N5O3/c1-22-10-12-24(13-11-22)37-30(27(20-33-37)32(3,4)5)35-31(38)34-28-14-15-29(26-9-7-6-8-25(26)28)40-21-23(2)36-16-18-39-19-17-36/h6-15,20,23H,16-19,21H2,1-5H3,(H2,34,35,38). The first-order valence-corrected chi connectivity index (χ1v) is 13.9. The van der Waals surface area contributed by atoms with Crippen LogP contribution in [0.3, 0.4) is 0 Å². The number of aryl methyl sites for hydroxylation is 1. The van der Waals surface area contributed by atoms with Crippen LogP contribution in [-0.4, -0.2) is 59.7 Å². The van der Waals surface area contributed by atoms with Gasteiger partial charge in [-0.3, -0.25) is 10.2 Å². The summed E-state index contributed by atoms with van der Waals surface area (Å²) in [5, 5.41) is 12.6. The van der Waals surface area contributed by atoms with Gasteiger partial charge < -0.3 is 14.8 Å². The zero-order valence-corrected chi connectivity index (χ0v) is 24.0. The van der Waals surface area contributed by atoms with Crippen molar-refractivity contribution in [2.45, 2.75) is 46.1 Å². The minimum atomic E-state index is -0.334. The fourth-order valence-corrected chi connectivity index (χ4v) is 5.00. The van der Waals surface area contributed by atoms with Gasteiger partial charge in [0.05, 0.1) is 30.8 Å². The highest BCUT2D eigenvalue weighted by Gasteiger charge is 2.25. The summed E-state index contributed by atoms with van der Waals surface area (Å²) < 4.78 is 13.5. The van der Waals surface area contributed by atoms with E-state index in [1.54, 1.807) is 4.68 Å². The molecule has 0 radical (unpaired) electrons. The summed E-state index contributed by atoms with van der Waals surface area (Å²) in [4.78, 5) is 15.8. The Kier molecular flexibility index (Phi) is 8.09. The number of morpholine rings is 1. The Hall–Kier alpha value is -3.88. The molecule has 1 saturated heterocycles. The lowest BCUT2D eigenvalue weighted by molar-refractivity contribution is 0.0106. The number of nitrogens with one attached hydrogen (secondary N) is 2. The Morgan fingerprint density at radius 1 is 1.00 bits per heavy atom. The average Bonchev–Trinajstić information content (AvgIpc) is 3.37. The second kappa shape index (κ2) is 11.7. The van der Waals surface area contributed by atoms with E-state index in [1.165, 1.54) is 0 Å². The topological polar surface area (TPSA) is 80.7 Å². The number of nitrogens with zero attached hydrogens (tertiary/aromatic N) is 3. The number of urea groups is 1. The molecular formula is C32H39N5O3. The van der Waals surface area contributed by atoms with Crippen molar-refractivity contribution in [2.75, 3.05) is 43.5 Å². The minimum absolute atomic E-state index is 0.213. The van der Waals surface area contributed by atoms with Gasteiger partial charge in [0.2, 0.25) is 0 Å². The number of amides is 2. The minimum Gasteiger partial charge on any atom is -0.491 e. The molecule has 0 spiro atoms. The van der Waals surface area contributed by atoms with Gasteiger partial charge >= 0.3 is 6.03 Å². The second-order valence-electron chi connectivity index (χ2n) is 11.4. The molecule has 0 bridgehead atoms. The number of hydrogen-bond acceptors (Lipinski definition) is 5. The smallest absolute Gasteiger partial charge is 0.324 e. The molecular weight excluding hydrogens is 502 g/mol. The Balaban J connectivity index is 1.36. The van der Waals surface area contributed by atoms with Crippen molar-refractivity contribution in [2.24, 2.45) is 0 Å². The molecule has 1 aromatic heterocycles. The van der Waals surface area contributed by atoms with E-state index >= 15 is 0 Å². The number of aromatic nitrogens is 2. The SMILES string of the molecule is Cc1ccc(-n2ncc(C(C)(C)C)c2NC(=O)Nc2ccc(OCC(C)N3CCOCC3)c3ccccc23)cc1. The van der Waals surface area contributed by atoms with Gasteiger partial charge in [0.1, 0.15) is 18.2 Å². The predicted molar refractivity (Wildman–Crippen MR) is 161 cm³/mol. The van der Waals surface area contributed by atoms with Crippen LogP contribution in [-0.2, 0) is 10.2 Å². The third kappa shape index (κ3) is 6.13. The number of hydrogen-bond donors (Lipinski definition) is 2. The zero-order chi connectivity index (χ0) is 28.3. The number of benzene rings is 3. The summed E-state index contributed by atoms with van der Waals surface area (Å²) in [5.41, 5.74) is 3.49. The Morgan fingerprint density at radius 3 is 2.40 bits per heavy atom. The summed E-state index contributed by atoms with van der Waals surface area (Å²) >= 11 is 0. The summed E-state index contributed by atoms with van der Waals surface area (Å²) in [7, 11) is 0. The summed E-state index contributed by atoms with van der Waals surface area (Å²) in [6.07, 6.45) is 1.83. The molecule has 2 N–H and O–H groups in total. The van der Waals surface area contributed by atoms with Crippen LogP contribution in [0.4, 0.5) is 16.3 Å². The second-order valence-corrected chi connectivity index (χ2v) is 11.4. The molecule has 5 rings (SSSR count). The van der Waals surface area contributed by atoms with E-state index in [4.69, 9.17) is 9.47 Å². The van der Waals surface area contributed by atoms with Crippen molar-refractivity contribution in [1.82, 2.24) is 14.7 Å². The van der Waals surface area contributed by atoms with Crippen LogP contribution < -0.4 is 15.4 Å². The molecule has 1 unspecified atom stereocenters. The fraction of sp³-hybridized carbons (Fsp3) is 0.375. The molecule has 2 heterocycles. The number of anilines is 2. The first kappa shape index (κ1) is 27.7. The van der Waals surface area contributed by atoms with Gasteiger partial charge in [-0.1, -0.05) is 62.7 Å². The fourth-order valence-electron chi connectivity index (χ4n) is 5.00. The number of ether oxygens (including phenoxy) is 2. The third-order valence-electron chi connectivity index (χ3n) is 7.37. The maximum atomic E-state index is 13.4. The number of carbonyl (C=O) groups is 1. The highest BCUT2D eigenvalue weighted by molar-refractivity contribution is 6.07. The lowest BCUT2D eigenvalue weighted by Gasteiger charge is -2.32. The maximum Gasteiger partial charge on any atom is 0.324 e. The number of carbonyl (C=O) groups excluding carboxylic acids is 1. The third-order valence-corrected chi connectivity index (χ3v) is 7.37. The van der Waals surface area contributed by atoms with Gasteiger partial charge in [0, 0.05) is 35.5 Å². The molecule has 1 fully saturated rings. The quantitative estimate of drug-likeness (QED) is 0.284. The lowest BCUT2D eigenvalue weighted by atomic mass is 9.89. The van der Waals surface area contributed by atoms with Crippen LogP contribution in [0.15, 0.2) is 66.9 Å². The first-order chi connectivity index (χ1) is 19.2. The summed E-state index contributed by atoms with van der Waals surface area (Å²) in [6, 6.07) is 19.8. The molecule has 1 aliphatic rings. The normalized spacial score (nSPS) is 15.1. The number of rotatable bonds is 7. The van der Waals surface area contributed by atoms with Gasteiger partial charge in [-0.05, 0) is 43.5 Å². The zero-order valence-electron chi connectivity index (χ0n) is 24.0. The Morgan fingerprint density at radius 2 is 1.70 bits per heavy atom. The summed E-state index contributed by atoms with van der Waals surface area (Å²) in [5.74, 6) is 1.45. The van der Waals surface area contributed by atoms with E-state index < -0.39 is 0 Å². The predicted octanol–water partition coefficient (Wildman–Crippen LogP) is 6.37. The molecule has 1 atom stereocenters. The van der Waals surface area contributed by atoms with Crippen LogP contribution in [0.5, 0.6) is 5.75 Å². The monoisotopic (exact) mass is 541 g/mol. The summed E-state index contributed by atoms with van der Waals surface area (Å²) in [6.45, 7) is 14.5. The van der Waals surface area contributed by atoms with Crippen molar-refractivity contribution in [1.29, 1.82) is 0 Å². The molecule has 0 aliphatic carbocycles. The Labute approximate surface area is 236 Å². The van der Waals surface area contributed by atoms with Crippen molar-refractivity contribution < 1.29 is 14.3 Å². The highest BCUT2D eigenvalue weighted by atomic mass is 16.5. The van der Waals surface area contributed by atoms with Crippen LogP contribution in [0, 0.1) is 6.92 Å². The first-order valence-electron chi connectivity index (χ1n) is 13.9. The molecule has 3 aromatic carbocycles. The van der Waals surface area contributed by atoms with E-state index in [0.717, 1.165) is 59.6 Å². The molecule has 8 heteroatoms. The van der Waals surface area contributed by atoms with Crippen LogP contribution in [0.1, 0.15) is 38.8 Å².